The number of nitrogens with one attached hydrogen (secondary N) is 1. The first kappa shape index (κ1) is 16.4. The van der Waals surface area contributed by atoms with Crippen LogP contribution in [0.4, 0.5) is 4.79 Å². The predicted octanol–water partition coefficient (Wildman–Crippen LogP) is 1.57. The van der Waals surface area contributed by atoms with Crippen molar-refractivity contribution in [2.24, 2.45) is 0 Å². The van der Waals surface area contributed by atoms with Gasteiger partial charge in [-0.15, -0.1) is 0 Å². The minimum Gasteiger partial charge on any atom is -0.339 e. The second-order valence-corrected chi connectivity index (χ2v) is 8.39. The fourth-order valence-corrected chi connectivity index (χ4v) is 4.47. The lowest BCUT2D eigenvalue weighted by Crippen LogP contribution is -2.54. The smallest absolute Gasteiger partial charge is 0.317 e. The summed E-state index contributed by atoms with van der Waals surface area (Å²) < 4.78 is 16.9. The molecule has 2 amide bonds. The van der Waals surface area contributed by atoms with Crippen molar-refractivity contribution in [2.45, 2.75) is 49.7 Å². The first-order valence-electron chi connectivity index (χ1n) is 8.17. The van der Waals surface area contributed by atoms with Gasteiger partial charge in [-0.25, -0.2) is 4.79 Å². The molecule has 1 N–H and O–H groups in total. The fourth-order valence-electron chi connectivity index (χ4n) is 3.33. The standard InChI is InChI=1S/C15H24N4O3S/c1-11-17-13(22-18-11)12-5-3-8-19(9-12)14(20)16-10-15(23(2)21)6-4-7-15/h12H,3-10H2,1-2H3,(H,16,20)/t12-,23+/m1/s1. The van der Waals surface area contributed by atoms with E-state index < -0.39 is 10.8 Å². The van der Waals surface area contributed by atoms with Crippen LogP contribution in [0.1, 0.15) is 49.7 Å². The van der Waals surface area contributed by atoms with Gasteiger partial charge in [0.1, 0.15) is 0 Å². The van der Waals surface area contributed by atoms with Gasteiger partial charge >= 0.3 is 6.03 Å². The van der Waals surface area contributed by atoms with Crippen molar-refractivity contribution in [3.05, 3.63) is 11.7 Å². The molecule has 3 rings (SSSR count). The average Bonchev–Trinajstić information content (AvgIpc) is 2.92. The summed E-state index contributed by atoms with van der Waals surface area (Å²) in [4.78, 5) is 18.5. The van der Waals surface area contributed by atoms with Crippen molar-refractivity contribution < 1.29 is 13.5 Å². The lowest BCUT2D eigenvalue weighted by Gasteiger charge is -2.40. The molecule has 128 valence electrons. The second-order valence-electron chi connectivity index (χ2n) is 6.61. The molecule has 0 spiro atoms. The van der Waals surface area contributed by atoms with Crippen LogP contribution in [0.2, 0.25) is 0 Å². The van der Waals surface area contributed by atoms with Crippen molar-refractivity contribution >= 4 is 16.8 Å². The van der Waals surface area contributed by atoms with Gasteiger partial charge in [0.05, 0.1) is 10.7 Å². The van der Waals surface area contributed by atoms with Gasteiger partial charge in [-0.2, -0.15) is 4.98 Å². The highest BCUT2D eigenvalue weighted by molar-refractivity contribution is 7.85. The molecular weight excluding hydrogens is 316 g/mol. The first-order valence-corrected chi connectivity index (χ1v) is 9.72. The molecule has 8 heteroatoms. The maximum absolute atomic E-state index is 12.4. The van der Waals surface area contributed by atoms with Crippen LogP contribution in [-0.4, -0.2) is 55.9 Å². The molecule has 2 heterocycles. The number of piperidine rings is 1. The molecule has 1 aliphatic heterocycles. The molecule has 1 saturated carbocycles. The number of carbonyl (C=O) groups is 1. The molecule has 1 saturated heterocycles. The third-order valence-electron chi connectivity index (χ3n) is 5.04. The second kappa shape index (κ2) is 6.59. The van der Waals surface area contributed by atoms with Gasteiger partial charge in [0.2, 0.25) is 5.89 Å². The van der Waals surface area contributed by atoms with Crippen LogP contribution in [-0.2, 0) is 10.8 Å². The normalized spacial score (nSPS) is 24.8. The molecular formula is C15H24N4O3S. The summed E-state index contributed by atoms with van der Waals surface area (Å²) in [5, 5.41) is 6.81. The summed E-state index contributed by atoms with van der Waals surface area (Å²) in [6.07, 6.45) is 6.57. The lowest BCUT2D eigenvalue weighted by atomic mass is 9.84. The number of hydrogen-bond donors (Lipinski definition) is 1. The molecule has 0 aromatic carbocycles. The van der Waals surface area contributed by atoms with Gasteiger partial charge in [0, 0.05) is 36.7 Å². The third kappa shape index (κ3) is 3.41. The van der Waals surface area contributed by atoms with E-state index in [1.807, 2.05) is 0 Å². The summed E-state index contributed by atoms with van der Waals surface area (Å²) in [6.45, 7) is 3.62. The summed E-state index contributed by atoms with van der Waals surface area (Å²) in [5.74, 6) is 1.35. The molecule has 0 radical (unpaired) electrons. The number of amides is 2. The zero-order chi connectivity index (χ0) is 16.4. The van der Waals surface area contributed by atoms with Crippen LogP contribution in [0, 0.1) is 6.92 Å². The first-order chi connectivity index (χ1) is 11.0. The molecule has 0 unspecified atom stereocenters. The number of hydrogen-bond acceptors (Lipinski definition) is 5. The monoisotopic (exact) mass is 340 g/mol. The largest absolute Gasteiger partial charge is 0.339 e. The minimum absolute atomic E-state index is 0.0809. The zero-order valence-corrected chi connectivity index (χ0v) is 14.5. The molecule has 1 aromatic rings. The van der Waals surface area contributed by atoms with E-state index in [9.17, 15) is 9.00 Å². The maximum atomic E-state index is 12.4. The van der Waals surface area contributed by atoms with E-state index in [1.54, 1.807) is 18.1 Å². The number of nitrogens with zero attached hydrogens (tertiary/aromatic N) is 3. The van der Waals surface area contributed by atoms with E-state index in [1.165, 1.54) is 0 Å². The van der Waals surface area contributed by atoms with Gasteiger partial charge in [0.15, 0.2) is 5.82 Å². The van der Waals surface area contributed by atoms with Crippen molar-refractivity contribution in [2.75, 3.05) is 25.9 Å². The molecule has 1 aromatic heterocycles. The Labute approximate surface area is 138 Å². The van der Waals surface area contributed by atoms with Crippen LogP contribution in [0.25, 0.3) is 0 Å². The van der Waals surface area contributed by atoms with Crippen molar-refractivity contribution in [3.63, 3.8) is 0 Å². The Morgan fingerprint density at radius 2 is 2.26 bits per heavy atom. The van der Waals surface area contributed by atoms with E-state index in [0.29, 0.717) is 24.8 Å². The Morgan fingerprint density at radius 3 is 2.83 bits per heavy atom. The van der Waals surface area contributed by atoms with E-state index in [0.717, 1.165) is 38.6 Å². The molecule has 7 nitrogen and oxygen atoms in total. The summed E-state index contributed by atoms with van der Waals surface area (Å²) in [7, 11) is -0.904. The fraction of sp³-hybridized carbons (Fsp3) is 0.800. The quantitative estimate of drug-likeness (QED) is 0.899. The summed E-state index contributed by atoms with van der Waals surface area (Å²) >= 11 is 0. The van der Waals surface area contributed by atoms with E-state index >= 15 is 0 Å². The van der Waals surface area contributed by atoms with E-state index in [-0.39, 0.29) is 16.7 Å². The van der Waals surface area contributed by atoms with Crippen LogP contribution < -0.4 is 5.32 Å². The molecule has 0 bridgehead atoms. The van der Waals surface area contributed by atoms with Crippen LogP contribution in [0.15, 0.2) is 4.52 Å². The van der Waals surface area contributed by atoms with Gasteiger partial charge in [0.25, 0.3) is 0 Å². The Kier molecular flexibility index (Phi) is 4.70. The van der Waals surface area contributed by atoms with Crippen LogP contribution in [0.3, 0.4) is 0 Å². The Bertz CT molecular complexity index is 599. The van der Waals surface area contributed by atoms with Crippen LogP contribution in [0.5, 0.6) is 0 Å². The van der Waals surface area contributed by atoms with Crippen molar-refractivity contribution in [3.8, 4) is 0 Å². The molecule has 2 atom stereocenters. The Balaban J connectivity index is 1.56. The van der Waals surface area contributed by atoms with Gasteiger partial charge in [-0.3, -0.25) is 4.21 Å². The number of aromatic nitrogens is 2. The average molecular weight is 340 g/mol. The number of likely N-dealkylation sites (tertiary alicyclic amines) is 1. The summed E-state index contributed by atoms with van der Waals surface area (Å²) in [6, 6.07) is -0.0809. The lowest BCUT2D eigenvalue weighted by molar-refractivity contribution is 0.169. The minimum atomic E-state index is -0.904. The Hall–Kier alpha value is -1.44. The van der Waals surface area contributed by atoms with Crippen molar-refractivity contribution in [1.82, 2.24) is 20.4 Å². The number of aryl methyl sites for hydroxylation is 1. The summed E-state index contributed by atoms with van der Waals surface area (Å²) in [5.41, 5.74) is 0. The maximum Gasteiger partial charge on any atom is 0.317 e. The van der Waals surface area contributed by atoms with E-state index in [2.05, 4.69) is 15.5 Å². The highest BCUT2D eigenvalue weighted by Crippen LogP contribution is 2.36. The predicted molar refractivity (Wildman–Crippen MR) is 86.6 cm³/mol. The molecule has 2 fully saturated rings. The van der Waals surface area contributed by atoms with Gasteiger partial charge in [-0.05, 0) is 32.6 Å². The Morgan fingerprint density at radius 1 is 1.48 bits per heavy atom. The highest BCUT2D eigenvalue weighted by Gasteiger charge is 2.41. The van der Waals surface area contributed by atoms with Gasteiger partial charge in [-0.1, -0.05) is 11.6 Å². The van der Waals surface area contributed by atoms with Crippen LogP contribution >= 0.6 is 0 Å². The molecule has 23 heavy (non-hydrogen) atoms. The molecule has 2 aliphatic rings. The zero-order valence-electron chi connectivity index (χ0n) is 13.7. The number of urea groups is 1. The van der Waals surface area contributed by atoms with E-state index in [4.69, 9.17) is 4.52 Å². The molecule has 1 aliphatic carbocycles. The topological polar surface area (TPSA) is 88.3 Å². The number of rotatable bonds is 4. The SMILES string of the molecule is Cc1noc([C@@H]2CCCN(C(=O)NCC3([S@](C)=O)CCC3)C2)n1. The third-order valence-corrected chi connectivity index (χ3v) is 6.81. The van der Waals surface area contributed by atoms with Gasteiger partial charge < -0.3 is 14.7 Å². The highest BCUT2D eigenvalue weighted by atomic mass is 32.2. The number of carbonyl (C=O) groups excluding carboxylic acids is 1. The van der Waals surface area contributed by atoms with Crippen molar-refractivity contribution in [1.29, 1.82) is 0 Å².